The fourth-order valence-corrected chi connectivity index (χ4v) is 1.70. The van der Waals surface area contributed by atoms with Gasteiger partial charge in [0.1, 0.15) is 12.4 Å². The Morgan fingerprint density at radius 1 is 1.17 bits per heavy atom. The van der Waals surface area contributed by atoms with Crippen LogP contribution in [0.2, 0.25) is 0 Å². The second kappa shape index (κ2) is 5.25. The van der Waals surface area contributed by atoms with Crippen LogP contribution in [-0.2, 0) is 0 Å². The summed E-state index contributed by atoms with van der Waals surface area (Å²) in [6, 6.07) is 11.0. The topological polar surface area (TPSA) is 49.7 Å². The summed E-state index contributed by atoms with van der Waals surface area (Å²) in [7, 11) is -1.44. The molecule has 0 aliphatic rings. The van der Waals surface area contributed by atoms with E-state index < -0.39 is 7.12 Å². The molecule has 0 fully saturated rings. The standard InChI is InChI=1S/C14H15BO3/c1-10(2)9-18-14-6-4-11-7-13(15(16)17)5-3-12(11)8-14/h3-8,16-17H,1,9H2,2H3. The van der Waals surface area contributed by atoms with Crippen LogP contribution in [0.15, 0.2) is 48.6 Å². The molecule has 0 unspecified atom stereocenters. The van der Waals surface area contributed by atoms with E-state index in [1.165, 1.54) is 0 Å². The smallest absolute Gasteiger partial charge is 0.488 e. The zero-order valence-corrected chi connectivity index (χ0v) is 10.3. The Bertz CT molecular complexity index is 578. The average molecular weight is 242 g/mol. The first-order chi connectivity index (χ1) is 8.56. The molecular formula is C14H15BO3. The third kappa shape index (κ3) is 2.91. The Hall–Kier alpha value is -1.78. The van der Waals surface area contributed by atoms with Crippen molar-refractivity contribution < 1.29 is 14.8 Å². The lowest BCUT2D eigenvalue weighted by Gasteiger charge is -2.08. The van der Waals surface area contributed by atoms with Gasteiger partial charge in [-0.3, -0.25) is 0 Å². The van der Waals surface area contributed by atoms with Crippen LogP contribution >= 0.6 is 0 Å². The van der Waals surface area contributed by atoms with Gasteiger partial charge in [0.15, 0.2) is 0 Å². The molecule has 3 nitrogen and oxygen atoms in total. The summed E-state index contributed by atoms with van der Waals surface area (Å²) in [5.41, 5.74) is 1.45. The fraction of sp³-hybridized carbons (Fsp3) is 0.143. The Labute approximate surface area is 106 Å². The highest BCUT2D eigenvalue weighted by atomic mass is 16.5. The minimum Gasteiger partial charge on any atom is -0.489 e. The number of benzene rings is 2. The third-order valence-electron chi connectivity index (χ3n) is 2.62. The second-order valence-electron chi connectivity index (χ2n) is 4.39. The second-order valence-corrected chi connectivity index (χ2v) is 4.39. The van der Waals surface area contributed by atoms with E-state index in [2.05, 4.69) is 6.58 Å². The number of ether oxygens (including phenoxy) is 1. The lowest BCUT2D eigenvalue weighted by atomic mass is 9.79. The van der Waals surface area contributed by atoms with E-state index in [1.54, 1.807) is 12.1 Å². The Balaban J connectivity index is 2.29. The summed E-state index contributed by atoms with van der Waals surface area (Å²) in [6.45, 7) is 6.19. The predicted molar refractivity (Wildman–Crippen MR) is 74.1 cm³/mol. The minimum atomic E-state index is -1.44. The lowest BCUT2D eigenvalue weighted by Crippen LogP contribution is -2.29. The zero-order valence-electron chi connectivity index (χ0n) is 10.3. The maximum atomic E-state index is 9.10. The molecule has 2 rings (SSSR count). The van der Waals surface area contributed by atoms with Crippen LogP contribution in [0.25, 0.3) is 10.8 Å². The molecule has 0 heterocycles. The summed E-state index contributed by atoms with van der Waals surface area (Å²) >= 11 is 0. The quantitative estimate of drug-likeness (QED) is 0.630. The summed E-state index contributed by atoms with van der Waals surface area (Å²) in [5.74, 6) is 0.780. The minimum absolute atomic E-state index is 0.484. The largest absolute Gasteiger partial charge is 0.489 e. The van der Waals surface area contributed by atoms with Gasteiger partial charge in [0.25, 0.3) is 0 Å². The molecule has 2 aromatic carbocycles. The molecule has 2 N–H and O–H groups in total. The van der Waals surface area contributed by atoms with E-state index in [0.717, 1.165) is 22.1 Å². The van der Waals surface area contributed by atoms with E-state index in [-0.39, 0.29) is 0 Å². The molecule has 0 radical (unpaired) electrons. The van der Waals surface area contributed by atoms with Gasteiger partial charge in [-0.2, -0.15) is 0 Å². The van der Waals surface area contributed by atoms with Crippen LogP contribution in [0.3, 0.4) is 0 Å². The van der Waals surface area contributed by atoms with E-state index >= 15 is 0 Å². The predicted octanol–water partition coefficient (Wildman–Crippen LogP) is 1.47. The summed E-state index contributed by atoms with van der Waals surface area (Å²) in [5, 5.41) is 20.2. The van der Waals surface area contributed by atoms with Crippen molar-refractivity contribution in [1.82, 2.24) is 0 Å². The maximum Gasteiger partial charge on any atom is 0.488 e. The monoisotopic (exact) mass is 242 g/mol. The molecular weight excluding hydrogens is 227 g/mol. The van der Waals surface area contributed by atoms with Gasteiger partial charge in [0, 0.05) is 0 Å². The van der Waals surface area contributed by atoms with E-state index in [0.29, 0.717) is 12.1 Å². The van der Waals surface area contributed by atoms with Crippen molar-refractivity contribution >= 4 is 23.4 Å². The van der Waals surface area contributed by atoms with Crippen molar-refractivity contribution in [3.8, 4) is 5.75 Å². The van der Waals surface area contributed by atoms with Gasteiger partial charge >= 0.3 is 7.12 Å². The van der Waals surface area contributed by atoms with Gasteiger partial charge in [-0.25, -0.2) is 0 Å². The summed E-state index contributed by atoms with van der Waals surface area (Å²) in [6.07, 6.45) is 0. The molecule has 2 aromatic rings. The molecule has 0 saturated heterocycles. The summed E-state index contributed by atoms with van der Waals surface area (Å²) < 4.78 is 5.55. The van der Waals surface area contributed by atoms with Crippen LogP contribution in [0, 0.1) is 0 Å². The lowest BCUT2D eigenvalue weighted by molar-refractivity contribution is 0.353. The molecule has 0 aliphatic carbocycles. The van der Waals surface area contributed by atoms with Crippen molar-refractivity contribution in [2.75, 3.05) is 6.61 Å². The van der Waals surface area contributed by atoms with Crippen LogP contribution in [-0.4, -0.2) is 23.8 Å². The van der Waals surface area contributed by atoms with Crippen LogP contribution in [0.5, 0.6) is 5.75 Å². The molecule has 0 atom stereocenters. The molecule has 0 spiro atoms. The molecule has 0 saturated carbocycles. The first kappa shape index (κ1) is 12.7. The van der Waals surface area contributed by atoms with Gasteiger partial charge in [0.2, 0.25) is 0 Å². The number of rotatable bonds is 4. The van der Waals surface area contributed by atoms with Crippen molar-refractivity contribution in [2.24, 2.45) is 0 Å². The van der Waals surface area contributed by atoms with Gasteiger partial charge in [-0.1, -0.05) is 30.8 Å². The molecule has 92 valence electrons. The molecule has 0 amide bonds. The highest BCUT2D eigenvalue weighted by Crippen LogP contribution is 2.20. The van der Waals surface area contributed by atoms with Crippen LogP contribution < -0.4 is 10.2 Å². The Morgan fingerprint density at radius 2 is 1.83 bits per heavy atom. The van der Waals surface area contributed by atoms with Crippen LogP contribution in [0.1, 0.15) is 6.92 Å². The van der Waals surface area contributed by atoms with Gasteiger partial charge in [0.05, 0.1) is 0 Å². The molecule has 4 heteroatoms. The SMILES string of the molecule is C=C(C)COc1ccc2cc(B(O)O)ccc2c1. The van der Waals surface area contributed by atoms with E-state index in [9.17, 15) is 0 Å². The van der Waals surface area contributed by atoms with Gasteiger partial charge in [-0.15, -0.1) is 0 Å². The molecule has 0 aromatic heterocycles. The van der Waals surface area contributed by atoms with E-state index in [4.69, 9.17) is 14.8 Å². The van der Waals surface area contributed by atoms with Crippen LogP contribution in [0.4, 0.5) is 0 Å². The first-order valence-electron chi connectivity index (χ1n) is 5.73. The van der Waals surface area contributed by atoms with E-state index in [1.807, 2.05) is 31.2 Å². The Morgan fingerprint density at radius 3 is 2.50 bits per heavy atom. The first-order valence-corrected chi connectivity index (χ1v) is 5.73. The Kier molecular flexibility index (Phi) is 3.70. The van der Waals surface area contributed by atoms with Crippen molar-refractivity contribution in [3.63, 3.8) is 0 Å². The molecule has 18 heavy (non-hydrogen) atoms. The number of hydrogen-bond acceptors (Lipinski definition) is 3. The number of fused-ring (bicyclic) bond motifs is 1. The van der Waals surface area contributed by atoms with Crippen molar-refractivity contribution in [2.45, 2.75) is 6.92 Å². The highest BCUT2D eigenvalue weighted by Gasteiger charge is 2.10. The third-order valence-corrected chi connectivity index (χ3v) is 2.62. The van der Waals surface area contributed by atoms with Crippen molar-refractivity contribution in [3.05, 3.63) is 48.6 Å². The molecule has 0 aliphatic heterocycles. The fourth-order valence-electron chi connectivity index (χ4n) is 1.70. The van der Waals surface area contributed by atoms with Crippen molar-refractivity contribution in [1.29, 1.82) is 0 Å². The average Bonchev–Trinajstić information content (AvgIpc) is 2.35. The molecule has 0 bridgehead atoms. The normalized spacial score (nSPS) is 10.4. The zero-order chi connectivity index (χ0) is 13.1. The van der Waals surface area contributed by atoms with Gasteiger partial charge in [-0.05, 0) is 40.9 Å². The summed E-state index contributed by atoms with van der Waals surface area (Å²) in [4.78, 5) is 0. The maximum absolute atomic E-state index is 9.10. The number of hydrogen-bond donors (Lipinski definition) is 2. The highest BCUT2D eigenvalue weighted by molar-refractivity contribution is 6.58. The van der Waals surface area contributed by atoms with Gasteiger partial charge < -0.3 is 14.8 Å².